The van der Waals surface area contributed by atoms with Crippen molar-refractivity contribution in [2.45, 2.75) is 13.0 Å². The molecule has 1 aromatic rings. The van der Waals surface area contributed by atoms with Crippen molar-refractivity contribution in [1.29, 1.82) is 0 Å². The van der Waals surface area contributed by atoms with Gasteiger partial charge in [-0.3, -0.25) is 0 Å². The van der Waals surface area contributed by atoms with Gasteiger partial charge >= 0.3 is 0 Å². The van der Waals surface area contributed by atoms with Crippen LogP contribution in [0, 0.1) is 5.95 Å². The minimum absolute atomic E-state index is 0.129. The topological polar surface area (TPSA) is 42.4 Å². The molecule has 0 saturated carbocycles. The first-order valence-corrected chi connectivity index (χ1v) is 3.72. The molecule has 0 radical (unpaired) electrons. The number of halogens is 3. The van der Waals surface area contributed by atoms with Crippen LogP contribution in [0.25, 0.3) is 0 Å². The normalized spacial score (nSPS) is 10.7. The van der Waals surface area contributed by atoms with Gasteiger partial charge in [-0.05, 0) is 0 Å². The zero-order chi connectivity index (χ0) is 10.7. The average molecular weight is 207 g/mol. The van der Waals surface area contributed by atoms with E-state index in [-0.39, 0.29) is 11.3 Å². The second-order valence-corrected chi connectivity index (χ2v) is 2.48. The summed E-state index contributed by atoms with van der Waals surface area (Å²) < 4.78 is 41.9. The molecule has 78 valence electrons. The van der Waals surface area contributed by atoms with Gasteiger partial charge in [0.25, 0.3) is 6.43 Å². The molecule has 14 heavy (non-hydrogen) atoms. The summed E-state index contributed by atoms with van der Waals surface area (Å²) in [6.07, 6.45) is -2.87. The molecule has 0 aromatic carbocycles. The summed E-state index contributed by atoms with van der Waals surface area (Å²) in [5.74, 6) is -1.27. The number of hydrogen-bond acceptors (Lipinski definition) is 3. The largest absolute Gasteiger partial charge is 0.496 e. The summed E-state index contributed by atoms with van der Waals surface area (Å²) in [5, 5.41) is 8.71. The van der Waals surface area contributed by atoms with Gasteiger partial charge in [0.2, 0.25) is 5.95 Å². The Morgan fingerprint density at radius 1 is 1.57 bits per heavy atom. The highest BCUT2D eigenvalue weighted by atomic mass is 19.3. The molecule has 0 aliphatic heterocycles. The zero-order valence-corrected chi connectivity index (χ0v) is 7.30. The van der Waals surface area contributed by atoms with Crippen molar-refractivity contribution in [3.05, 3.63) is 23.3 Å². The van der Waals surface area contributed by atoms with Crippen molar-refractivity contribution < 1.29 is 23.0 Å². The Hall–Kier alpha value is -1.30. The summed E-state index contributed by atoms with van der Waals surface area (Å²) in [5.41, 5.74) is -0.937. The molecule has 0 unspecified atom stereocenters. The molecule has 1 N–H and O–H groups in total. The lowest BCUT2D eigenvalue weighted by Gasteiger charge is -2.08. The SMILES string of the molecule is COc1cc(C(F)F)nc(F)c1CO. The highest BCUT2D eigenvalue weighted by Gasteiger charge is 2.17. The summed E-state index contributed by atoms with van der Waals surface area (Å²) >= 11 is 0. The molecule has 0 atom stereocenters. The van der Waals surface area contributed by atoms with Crippen LogP contribution in [0.4, 0.5) is 13.2 Å². The van der Waals surface area contributed by atoms with Crippen molar-refractivity contribution >= 4 is 0 Å². The minimum Gasteiger partial charge on any atom is -0.496 e. The van der Waals surface area contributed by atoms with Gasteiger partial charge in [0.05, 0.1) is 19.3 Å². The number of pyridine rings is 1. The van der Waals surface area contributed by atoms with Gasteiger partial charge in [0.15, 0.2) is 0 Å². The highest BCUT2D eigenvalue weighted by molar-refractivity contribution is 5.33. The van der Waals surface area contributed by atoms with Crippen LogP contribution in [0.1, 0.15) is 17.7 Å². The Morgan fingerprint density at radius 3 is 2.64 bits per heavy atom. The van der Waals surface area contributed by atoms with Crippen LogP contribution >= 0.6 is 0 Å². The van der Waals surface area contributed by atoms with Crippen molar-refractivity contribution in [1.82, 2.24) is 4.98 Å². The van der Waals surface area contributed by atoms with Crippen LogP contribution in [0.2, 0.25) is 0 Å². The molecule has 0 aliphatic rings. The monoisotopic (exact) mass is 207 g/mol. The van der Waals surface area contributed by atoms with Gasteiger partial charge in [0.1, 0.15) is 11.4 Å². The molecular formula is C8H8F3NO2. The number of aliphatic hydroxyl groups is 1. The lowest BCUT2D eigenvalue weighted by atomic mass is 10.2. The highest BCUT2D eigenvalue weighted by Crippen LogP contribution is 2.26. The molecule has 0 bridgehead atoms. The molecule has 0 saturated heterocycles. The third kappa shape index (κ3) is 1.95. The second-order valence-electron chi connectivity index (χ2n) is 2.48. The standard InChI is InChI=1S/C8H8F3NO2/c1-14-6-2-5(7(9)10)12-8(11)4(6)3-13/h2,7,13H,3H2,1H3. The van der Waals surface area contributed by atoms with E-state index in [0.29, 0.717) is 0 Å². The van der Waals surface area contributed by atoms with Crippen LogP contribution in [-0.4, -0.2) is 17.2 Å². The quantitative estimate of drug-likeness (QED) is 0.766. The molecule has 0 amide bonds. The first-order chi connectivity index (χ1) is 6.60. The molecule has 1 rings (SSSR count). The number of aliphatic hydroxyl groups excluding tert-OH is 1. The fourth-order valence-electron chi connectivity index (χ4n) is 0.973. The van der Waals surface area contributed by atoms with Crippen LogP contribution < -0.4 is 4.74 Å². The number of aromatic nitrogens is 1. The number of rotatable bonds is 3. The van der Waals surface area contributed by atoms with Crippen LogP contribution in [0.15, 0.2) is 6.07 Å². The maximum Gasteiger partial charge on any atom is 0.280 e. The van der Waals surface area contributed by atoms with Crippen LogP contribution in [-0.2, 0) is 6.61 Å². The molecule has 0 aliphatic carbocycles. The van der Waals surface area contributed by atoms with E-state index < -0.39 is 24.7 Å². The Kier molecular flexibility index (Phi) is 3.29. The maximum atomic E-state index is 13.0. The van der Waals surface area contributed by atoms with Gasteiger partial charge in [-0.15, -0.1) is 0 Å². The smallest absolute Gasteiger partial charge is 0.280 e. The summed E-state index contributed by atoms with van der Waals surface area (Å²) in [7, 11) is 1.20. The Labute approximate surface area is 78.2 Å². The molecule has 1 aromatic heterocycles. The predicted octanol–water partition coefficient (Wildman–Crippen LogP) is 1.66. The Balaban J connectivity index is 3.24. The molecule has 1 heterocycles. The minimum atomic E-state index is -2.87. The molecular weight excluding hydrogens is 199 g/mol. The van der Waals surface area contributed by atoms with Crippen molar-refractivity contribution in [3.63, 3.8) is 0 Å². The van der Waals surface area contributed by atoms with E-state index in [9.17, 15) is 13.2 Å². The van der Waals surface area contributed by atoms with Gasteiger partial charge in [-0.25, -0.2) is 13.8 Å². The molecule has 3 nitrogen and oxygen atoms in total. The van der Waals surface area contributed by atoms with E-state index in [1.54, 1.807) is 0 Å². The van der Waals surface area contributed by atoms with Gasteiger partial charge in [0, 0.05) is 6.07 Å². The first-order valence-electron chi connectivity index (χ1n) is 3.72. The second kappa shape index (κ2) is 4.28. The van der Waals surface area contributed by atoms with Crippen molar-refractivity contribution in [3.8, 4) is 5.75 Å². The third-order valence-electron chi connectivity index (χ3n) is 1.65. The Bertz CT molecular complexity index is 331. The van der Waals surface area contributed by atoms with Crippen molar-refractivity contribution in [2.75, 3.05) is 7.11 Å². The van der Waals surface area contributed by atoms with E-state index in [1.165, 1.54) is 7.11 Å². The van der Waals surface area contributed by atoms with E-state index in [2.05, 4.69) is 9.72 Å². The first kappa shape index (κ1) is 10.8. The fraction of sp³-hybridized carbons (Fsp3) is 0.375. The van der Waals surface area contributed by atoms with E-state index in [4.69, 9.17) is 5.11 Å². The number of alkyl halides is 2. The van der Waals surface area contributed by atoms with Gasteiger partial charge < -0.3 is 9.84 Å². The van der Waals surface area contributed by atoms with Crippen molar-refractivity contribution in [2.24, 2.45) is 0 Å². The van der Waals surface area contributed by atoms with E-state index in [1.807, 2.05) is 0 Å². The lowest BCUT2D eigenvalue weighted by molar-refractivity contribution is 0.143. The number of hydrogen-bond donors (Lipinski definition) is 1. The zero-order valence-electron chi connectivity index (χ0n) is 7.30. The van der Waals surface area contributed by atoms with E-state index in [0.717, 1.165) is 6.07 Å². The maximum absolute atomic E-state index is 13.0. The lowest BCUT2D eigenvalue weighted by Crippen LogP contribution is -2.02. The summed E-state index contributed by atoms with van der Waals surface area (Å²) in [6.45, 7) is -0.647. The fourth-order valence-corrected chi connectivity index (χ4v) is 0.973. The van der Waals surface area contributed by atoms with E-state index >= 15 is 0 Å². The van der Waals surface area contributed by atoms with Crippen LogP contribution in [0.3, 0.4) is 0 Å². The van der Waals surface area contributed by atoms with Crippen LogP contribution in [0.5, 0.6) is 5.75 Å². The number of methoxy groups -OCH3 is 1. The number of ether oxygens (including phenoxy) is 1. The molecule has 6 heteroatoms. The third-order valence-corrected chi connectivity index (χ3v) is 1.65. The molecule has 0 spiro atoms. The molecule has 0 fully saturated rings. The number of nitrogens with zero attached hydrogens (tertiary/aromatic N) is 1. The van der Waals surface area contributed by atoms with Gasteiger partial charge in [-0.2, -0.15) is 4.39 Å². The average Bonchev–Trinajstić information content (AvgIpc) is 2.16. The predicted molar refractivity (Wildman–Crippen MR) is 41.6 cm³/mol. The summed E-state index contributed by atoms with van der Waals surface area (Å²) in [6, 6.07) is 0.902. The Morgan fingerprint density at radius 2 is 2.21 bits per heavy atom. The summed E-state index contributed by atoms with van der Waals surface area (Å²) in [4.78, 5) is 3.00. The van der Waals surface area contributed by atoms with Gasteiger partial charge in [-0.1, -0.05) is 0 Å².